The predicted octanol–water partition coefficient (Wildman–Crippen LogP) is 5.44. The van der Waals surface area contributed by atoms with Crippen molar-refractivity contribution in [2.45, 2.75) is 25.0 Å². The average Bonchev–Trinajstić information content (AvgIpc) is 3.19. The number of halogens is 3. The van der Waals surface area contributed by atoms with Gasteiger partial charge in [0.2, 0.25) is 5.91 Å². The lowest BCUT2D eigenvalue weighted by Gasteiger charge is -2.10. The lowest BCUT2D eigenvalue weighted by atomic mass is 10.2. The number of hydrogen-bond acceptors (Lipinski definition) is 5. The number of hydrogen-bond donors (Lipinski definition) is 2. The third-order valence-electron chi connectivity index (χ3n) is 4.80. The molecular formula is C23H22Cl3N5O2S. The van der Waals surface area contributed by atoms with Gasteiger partial charge in [-0.3, -0.25) is 9.59 Å². The lowest BCUT2D eigenvalue weighted by molar-refractivity contribution is -0.113. The van der Waals surface area contributed by atoms with Crippen LogP contribution in [0.3, 0.4) is 0 Å². The second kappa shape index (κ2) is 12.3. The Bertz CT molecular complexity index is 1220. The molecule has 0 bridgehead atoms. The molecule has 11 heteroatoms. The first-order valence-electron chi connectivity index (χ1n) is 10.2. The molecule has 0 atom stereocenters. The molecule has 2 N–H and O–H groups in total. The Balaban J connectivity index is 1.57. The fourth-order valence-corrected chi connectivity index (χ4v) is 4.25. The van der Waals surface area contributed by atoms with Crippen molar-refractivity contribution < 1.29 is 9.59 Å². The van der Waals surface area contributed by atoms with E-state index in [9.17, 15) is 9.59 Å². The maximum atomic E-state index is 12.4. The van der Waals surface area contributed by atoms with Gasteiger partial charge in [0.05, 0.1) is 15.8 Å². The van der Waals surface area contributed by atoms with Crippen molar-refractivity contribution in [3.8, 4) is 0 Å². The van der Waals surface area contributed by atoms with E-state index >= 15 is 0 Å². The van der Waals surface area contributed by atoms with E-state index in [1.807, 2.05) is 11.5 Å². The van der Waals surface area contributed by atoms with Crippen LogP contribution in [0.2, 0.25) is 15.1 Å². The molecule has 1 aromatic heterocycles. The topological polar surface area (TPSA) is 88.9 Å². The molecule has 0 unspecified atom stereocenters. The largest absolute Gasteiger partial charge is 0.352 e. The molecular weight excluding hydrogens is 517 g/mol. The zero-order valence-corrected chi connectivity index (χ0v) is 21.4. The van der Waals surface area contributed by atoms with Crippen molar-refractivity contribution in [1.82, 2.24) is 20.1 Å². The SMILES string of the molecule is C=CCn1c(CCNC(=O)c2ccc(Cl)c(Cl)c2)nnc1SCC(=O)Nc1cccc(Cl)c1C. The molecule has 2 amide bonds. The van der Waals surface area contributed by atoms with Crippen molar-refractivity contribution >= 4 is 64.1 Å². The van der Waals surface area contributed by atoms with Gasteiger partial charge in [-0.15, -0.1) is 16.8 Å². The number of thioether (sulfide) groups is 1. The summed E-state index contributed by atoms with van der Waals surface area (Å²) in [6, 6.07) is 10.1. The maximum Gasteiger partial charge on any atom is 0.251 e. The van der Waals surface area contributed by atoms with E-state index in [2.05, 4.69) is 27.4 Å². The molecule has 0 fully saturated rings. The van der Waals surface area contributed by atoms with Gasteiger partial charge in [-0.1, -0.05) is 58.7 Å². The number of benzene rings is 2. The summed E-state index contributed by atoms with van der Waals surface area (Å²) in [5, 5.41) is 16.0. The van der Waals surface area contributed by atoms with E-state index in [1.165, 1.54) is 17.8 Å². The van der Waals surface area contributed by atoms with Crippen molar-refractivity contribution in [3.05, 3.63) is 81.1 Å². The van der Waals surface area contributed by atoms with E-state index < -0.39 is 0 Å². The van der Waals surface area contributed by atoms with Crippen molar-refractivity contribution in [2.24, 2.45) is 0 Å². The van der Waals surface area contributed by atoms with Crippen LogP contribution in [0, 0.1) is 6.92 Å². The lowest BCUT2D eigenvalue weighted by Crippen LogP contribution is -2.26. The minimum Gasteiger partial charge on any atom is -0.352 e. The van der Waals surface area contributed by atoms with E-state index in [4.69, 9.17) is 34.8 Å². The summed E-state index contributed by atoms with van der Waals surface area (Å²) < 4.78 is 1.86. The van der Waals surface area contributed by atoms with Crippen LogP contribution in [-0.4, -0.2) is 38.9 Å². The van der Waals surface area contributed by atoms with E-state index in [1.54, 1.807) is 36.4 Å². The van der Waals surface area contributed by atoms with Crippen molar-refractivity contribution in [2.75, 3.05) is 17.6 Å². The third-order valence-corrected chi connectivity index (χ3v) is 6.91. The van der Waals surface area contributed by atoms with Crippen LogP contribution in [-0.2, 0) is 17.8 Å². The first kappa shape index (κ1) is 26.1. The van der Waals surface area contributed by atoms with Crippen LogP contribution in [0.15, 0.2) is 54.2 Å². The fraction of sp³-hybridized carbons (Fsp3) is 0.217. The molecule has 0 saturated carbocycles. The number of aromatic nitrogens is 3. The normalized spacial score (nSPS) is 10.7. The van der Waals surface area contributed by atoms with Gasteiger partial charge in [0.15, 0.2) is 5.16 Å². The van der Waals surface area contributed by atoms with Crippen LogP contribution in [0.25, 0.3) is 0 Å². The highest BCUT2D eigenvalue weighted by Crippen LogP contribution is 2.24. The molecule has 0 aliphatic carbocycles. The summed E-state index contributed by atoms with van der Waals surface area (Å²) in [5.74, 6) is 0.368. The van der Waals surface area contributed by atoms with Gasteiger partial charge in [-0.05, 0) is 42.8 Å². The molecule has 7 nitrogen and oxygen atoms in total. The highest BCUT2D eigenvalue weighted by molar-refractivity contribution is 7.99. The van der Waals surface area contributed by atoms with Crippen LogP contribution in [0.1, 0.15) is 21.7 Å². The molecule has 34 heavy (non-hydrogen) atoms. The van der Waals surface area contributed by atoms with Crippen LogP contribution in [0.4, 0.5) is 5.69 Å². The van der Waals surface area contributed by atoms with E-state index in [0.717, 1.165) is 5.56 Å². The minimum absolute atomic E-state index is 0.148. The molecule has 0 aliphatic heterocycles. The second-order valence-electron chi connectivity index (χ2n) is 7.18. The molecule has 3 rings (SSSR count). The highest BCUT2D eigenvalue weighted by atomic mass is 35.5. The molecule has 2 aromatic carbocycles. The van der Waals surface area contributed by atoms with Gasteiger partial charge in [-0.25, -0.2) is 0 Å². The Morgan fingerprint density at radius 3 is 2.65 bits per heavy atom. The number of anilines is 1. The number of carbonyl (C=O) groups is 2. The van der Waals surface area contributed by atoms with Crippen LogP contribution < -0.4 is 10.6 Å². The molecule has 1 heterocycles. The average molecular weight is 539 g/mol. The van der Waals surface area contributed by atoms with Crippen molar-refractivity contribution in [3.63, 3.8) is 0 Å². The summed E-state index contributed by atoms with van der Waals surface area (Å²) in [7, 11) is 0. The Labute approximate surface area is 216 Å². The summed E-state index contributed by atoms with van der Waals surface area (Å²) >= 11 is 19.3. The van der Waals surface area contributed by atoms with Crippen LogP contribution >= 0.6 is 46.6 Å². The summed E-state index contributed by atoms with van der Waals surface area (Å²) in [6.45, 7) is 6.44. The molecule has 3 aromatic rings. The van der Waals surface area contributed by atoms with E-state index in [0.29, 0.717) is 56.8 Å². The van der Waals surface area contributed by atoms with Gasteiger partial charge in [0, 0.05) is 35.8 Å². The predicted molar refractivity (Wildman–Crippen MR) is 138 cm³/mol. The molecule has 0 aliphatic rings. The summed E-state index contributed by atoms with van der Waals surface area (Å²) in [6.07, 6.45) is 2.17. The Morgan fingerprint density at radius 1 is 1.12 bits per heavy atom. The number of allylic oxidation sites excluding steroid dienone is 1. The number of nitrogens with zero attached hydrogens (tertiary/aromatic N) is 3. The van der Waals surface area contributed by atoms with Gasteiger partial charge >= 0.3 is 0 Å². The molecule has 0 radical (unpaired) electrons. The minimum atomic E-state index is -0.268. The maximum absolute atomic E-state index is 12.4. The van der Waals surface area contributed by atoms with E-state index in [-0.39, 0.29) is 17.6 Å². The second-order valence-corrected chi connectivity index (χ2v) is 9.35. The Morgan fingerprint density at radius 2 is 1.91 bits per heavy atom. The zero-order chi connectivity index (χ0) is 24.7. The Kier molecular flexibility index (Phi) is 9.41. The van der Waals surface area contributed by atoms with Crippen molar-refractivity contribution in [1.29, 1.82) is 0 Å². The molecule has 178 valence electrons. The van der Waals surface area contributed by atoms with Gasteiger partial charge in [0.25, 0.3) is 5.91 Å². The molecule has 0 spiro atoms. The molecule has 0 saturated heterocycles. The first-order valence-corrected chi connectivity index (χ1v) is 12.4. The highest BCUT2D eigenvalue weighted by Gasteiger charge is 2.15. The van der Waals surface area contributed by atoms with Gasteiger partial charge in [-0.2, -0.15) is 0 Å². The first-order chi connectivity index (χ1) is 16.3. The van der Waals surface area contributed by atoms with Crippen LogP contribution in [0.5, 0.6) is 0 Å². The summed E-state index contributed by atoms with van der Waals surface area (Å²) in [5.41, 5.74) is 1.89. The monoisotopic (exact) mass is 537 g/mol. The quantitative estimate of drug-likeness (QED) is 0.265. The fourth-order valence-electron chi connectivity index (χ4n) is 3.01. The van der Waals surface area contributed by atoms with Gasteiger partial charge in [0.1, 0.15) is 5.82 Å². The van der Waals surface area contributed by atoms with Gasteiger partial charge < -0.3 is 15.2 Å². The standard InChI is InChI=1S/C23H22Cl3N5O2S/c1-3-11-31-20(9-10-27-22(33)15-7-8-17(25)18(26)12-15)29-30-23(31)34-13-21(32)28-19-6-4-5-16(24)14(19)2/h3-8,12H,1,9-11,13H2,2H3,(H,27,33)(H,28,32). The third kappa shape index (κ3) is 6.76. The Hall–Kier alpha value is -2.52. The number of nitrogens with one attached hydrogen (secondary N) is 2. The number of rotatable bonds is 10. The summed E-state index contributed by atoms with van der Waals surface area (Å²) in [4.78, 5) is 24.8. The number of amides is 2. The smallest absolute Gasteiger partial charge is 0.251 e. The zero-order valence-electron chi connectivity index (χ0n) is 18.3. The number of carbonyl (C=O) groups excluding carboxylic acids is 2.